The lowest BCUT2D eigenvalue weighted by Gasteiger charge is -2.29. The topological polar surface area (TPSA) is 104 Å². The van der Waals surface area contributed by atoms with E-state index in [1.807, 2.05) is 6.08 Å². The fourth-order valence-corrected chi connectivity index (χ4v) is 2.25. The maximum absolute atomic E-state index is 12.0. The van der Waals surface area contributed by atoms with E-state index in [2.05, 4.69) is 15.6 Å². The zero-order valence-corrected chi connectivity index (χ0v) is 13.0. The fraction of sp³-hybridized carbons (Fsp3) is 0.176. The van der Waals surface area contributed by atoms with Crippen molar-refractivity contribution in [3.63, 3.8) is 0 Å². The van der Waals surface area contributed by atoms with Gasteiger partial charge in [0.1, 0.15) is 11.4 Å². The minimum absolute atomic E-state index is 0.0786. The molecule has 1 aliphatic rings. The number of hydrogen-bond acceptors (Lipinski definition) is 5. The second-order valence-corrected chi connectivity index (χ2v) is 5.61. The average Bonchev–Trinajstić information content (AvgIpc) is 2.57. The normalized spacial score (nSPS) is 18.4. The number of fused-ring (bicyclic) bond motifs is 1. The summed E-state index contributed by atoms with van der Waals surface area (Å²) >= 11 is 0. The van der Waals surface area contributed by atoms with E-state index in [1.165, 1.54) is 12.3 Å². The first-order valence-corrected chi connectivity index (χ1v) is 7.34. The standard InChI is InChI=1S/C17H17N3O4/c1-17(10-21)7-6-11-9-12(4-5-14(11)24-17)19-16(23)20-15-13(22)3-2-8-18-15/h2-9,21-22H,10H2,1H3,(H2,18,19,20,23). The highest BCUT2D eigenvalue weighted by atomic mass is 16.5. The predicted octanol–water partition coefficient (Wildman–Crippen LogP) is 2.59. The van der Waals surface area contributed by atoms with Crippen molar-refractivity contribution in [1.29, 1.82) is 0 Å². The number of pyridine rings is 1. The predicted molar refractivity (Wildman–Crippen MR) is 90.1 cm³/mol. The summed E-state index contributed by atoms with van der Waals surface area (Å²) in [4.78, 5) is 15.9. The van der Waals surface area contributed by atoms with Crippen molar-refractivity contribution < 1.29 is 19.7 Å². The molecule has 7 heteroatoms. The number of aliphatic hydroxyl groups excluding tert-OH is 1. The Morgan fingerprint density at radius 3 is 2.92 bits per heavy atom. The monoisotopic (exact) mass is 327 g/mol. The molecule has 24 heavy (non-hydrogen) atoms. The van der Waals surface area contributed by atoms with Crippen molar-refractivity contribution in [3.05, 3.63) is 48.2 Å². The Kier molecular flexibility index (Phi) is 4.09. The van der Waals surface area contributed by atoms with E-state index in [1.54, 1.807) is 37.3 Å². The van der Waals surface area contributed by atoms with Crippen LogP contribution >= 0.6 is 0 Å². The molecular weight excluding hydrogens is 310 g/mol. The molecule has 2 amide bonds. The highest BCUT2D eigenvalue weighted by Crippen LogP contribution is 2.32. The van der Waals surface area contributed by atoms with E-state index in [-0.39, 0.29) is 18.2 Å². The molecule has 124 valence electrons. The van der Waals surface area contributed by atoms with Crippen molar-refractivity contribution in [3.8, 4) is 11.5 Å². The Labute approximate surface area is 138 Å². The van der Waals surface area contributed by atoms with Crippen LogP contribution in [0.4, 0.5) is 16.3 Å². The third kappa shape index (κ3) is 3.31. The van der Waals surface area contributed by atoms with Crippen molar-refractivity contribution in [2.75, 3.05) is 17.2 Å². The number of aromatic nitrogens is 1. The molecule has 0 aliphatic carbocycles. The Balaban J connectivity index is 1.71. The van der Waals surface area contributed by atoms with Crippen LogP contribution in [0, 0.1) is 0 Å². The smallest absolute Gasteiger partial charge is 0.324 e. The summed E-state index contributed by atoms with van der Waals surface area (Å²) in [6.45, 7) is 1.66. The van der Waals surface area contributed by atoms with Crippen LogP contribution in [0.5, 0.6) is 11.5 Å². The molecule has 2 heterocycles. The lowest BCUT2D eigenvalue weighted by Crippen LogP contribution is -2.35. The van der Waals surface area contributed by atoms with E-state index in [0.717, 1.165) is 5.56 Å². The Morgan fingerprint density at radius 1 is 1.33 bits per heavy atom. The van der Waals surface area contributed by atoms with Gasteiger partial charge in [-0.3, -0.25) is 5.32 Å². The fourth-order valence-electron chi connectivity index (χ4n) is 2.25. The summed E-state index contributed by atoms with van der Waals surface area (Å²) in [5.41, 5.74) is 0.609. The van der Waals surface area contributed by atoms with Gasteiger partial charge in [-0.05, 0) is 43.3 Å². The van der Waals surface area contributed by atoms with Gasteiger partial charge in [-0.25, -0.2) is 9.78 Å². The SMILES string of the molecule is CC1(CO)C=Cc2cc(NC(=O)Nc3ncccc3O)ccc2O1. The van der Waals surface area contributed by atoms with Crippen LogP contribution in [0.3, 0.4) is 0 Å². The molecule has 1 unspecified atom stereocenters. The van der Waals surface area contributed by atoms with E-state index >= 15 is 0 Å². The number of nitrogens with zero attached hydrogens (tertiary/aromatic N) is 1. The van der Waals surface area contributed by atoms with Crippen LogP contribution < -0.4 is 15.4 Å². The molecule has 0 radical (unpaired) electrons. The molecular formula is C17H17N3O4. The maximum Gasteiger partial charge on any atom is 0.324 e. The van der Waals surface area contributed by atoms with E-state index in [0.29, 0.717) is 11.4 Å². The zero-order valence-electron chi connectivity index (χ0n) is 13.0. The van der Waals surface area contributed by atoms with Gasteiger partial charge in [-0.1, -0.05) is 6.08 Å². The Hall–Kier alpha value is -3.06. The number of anilines is 2. The summed E-state index contributed by atoms with van der Waals surface area (Å²) in [5.74, 6) is 0.593. The van der Waals surface area contributed by atoms with Crippen molar-refractivity contribution >= 4 is 23.6 Å². The van der Waals surface area contributed by atoms with Crippen molar-refractivity contribution in [2.45, 2.75) is 12.5 Å². The van der Waals surface area contributed by atoms with E-state index in [9.17, 15) is 15.0 Å². The third-order valence-electron chi connectivity index (χ3n) is 3.56. The number of aliphatic hydroxyl groups is 1. The number of rotatable bonds is 3. The Morgan fingerprint density at radius 2 is 2.17 bits per heavy atom. The molecule has 1 aromatic carbocycles. The van der Waals surface area contributed by atoms with Crippen molar-refractivity contribution in [1.82, 2.24) is 4.98 Å². The molecule has 4 N–H and O–H groups in total. The molecule has 0 saturated heterocycles. The summed E-state index contributed by atoms with van der Waals surface area (Å²) in [6.07, 6.45) is 5.07. The number of benzene rings is 1. The van der Waals surface area contributed by atoms with Gasteiger partial charge < -0.3 is 20.3 Å². The number of urea groups is 1. The number of aromatic hydroxyl groups is 1. The van der Waals surface area contributed by atoms with Crippen LogP contribution in [0.25, 0.3) is 6.08 Å². The van der Waals surface area contributed by atoms with Crippen LogP contribution in [-0.4, -0.2) is 33.4 Å². The number of carbonyl (C=O) groups is 1. The molecule has 1 aromatic heterocycles. The minimum Gasteiger partial charge on any atom is -0.504 e. The van der Waals surface area contributed by atoms with Crippen LogP contribution in [0.2, 0.25) is 0 Å². The van der Waals surface area contributed by atoms with Crippen LogP contribution in [0.1, 0.15) is 12.5 Å². The molecule has 0 saturated carbocycles. The number of hydrogen-bond donors (Lipinski definition) is 4. The lowest BCUT2D eigenvalue weighted by atomic mass is 10.0. The van der Waals surface area contributed by atoms with E-state index in [4.69, 9.17) is 4.74 Å². The van der Waals surface area contributed by atoms with E-state index < -0.39 is 11.6 Å². The molecule has 7 nitrogen and oxygen atoms in total. The number of carbonyl (C=O) groups excluding carboxylic acids is 1. The highest BCUT2D eigenvalue weighted by molar-refractivity contribution is 6.00. The second-order valence-electron chi connectivity index (χ2n) is 5.61. The molecule has 2 aromatic rings. The quantitative estimate of drug-likeness (QED) is 0.694. The molecule has 3 rings (SSSR count). The first-order chi connectivity index (χ1) is 11.5. The van der Waals surface area contributed by atoms with Gasteiger partial charge in [0, 0.05) is 17.4 Å². The second kappa shape index (κ2) is 6.21. The molecule has 1 aliphatic heterocycles. The molecule has 0 bridgehead atoms. The lowest BCUT2D eigenvalue weighted by molar-refractivity contribution is 0.0641. The van der Waals surface area contributed by atoms with Gasteiger partial charge in [-0.2, -0.15) is 0 Å². The van der Waals surface area contributed by atoms with Crippen molar-refractivity contribution in [2.24, 2.45) is 0 Å². The van der Waals surface area contributed by atoms with Gasteiger partial charge in [0.05, 0.1) is 6.61 Å². The summed E-state index contributed by atoms with van der Waals surface area (Å²) in [5, 5.41) is 24.1. The summed E-state index contributed by atoms with van der Waals surface area (Å²) < 4.78 is 5.73. The molecule has 0 spiro atoms. The number of nitrogens with one attached hydrogen (secondary N) is 2. The van der Waals surface area contributed by atoms with Crippen LogP contribution in [0.15, 0.2) is 42.6 Å². The first kappa shape index (κ1) is 15.8. The first-order valence-electron chi connectivity index (χ1n) is 7.34. The molecule has 1 atom stereocenters. The van der Waals surface area contributed by atoms with Crippen LogP contribution in [-0.2, 0) is 0 Å². The molecule has 0 fully saturated rings. The maximum atomic E-state index is 12.0. The average molecular weight is 327 g/mol. The Bertz CT molecular complexity index is 806. The third-order valence-corrected chi connectivity index (χ3v) is 3.56. The van der Waals surface area contributed by atoms with Gasteiger partial charge >= 0.3 is 6.03 Å². The van der Waals surface area contributed by atoms with Gasteiger partial charge in [0.2, 0.25) is 0 Å². The van der Waals surface area contributed by atoms with Gasteiger partial charge in [-0.15, -0.1) is 0 Å². The number of amides is 2. The largest absolute Gasteiger partial charge is 0.504 e. The summed E-state index contributed by atoms with van der Waals surface area (Å²) in [6, 6.07) is 7.63. The number of ether oxygens (including phenoxy) is 1. The minimum atomic E-state index is -0.740. The zero-order chi connectivity index (χ0) is 17.2. The van der Waals surface area contributed by atoms with Gasteiger partial charge in [0.25, 0.3) is 0 Å². The summed E-state index contributed by atoms with van der Waals surface area (Å²) in [7, 11) is 0. The van der Waals surface area contributed by atoms with Gasteiger partial charge in [0.15, 0.2) is 11.6 Å². The highest BCUT2D eigenvalue weighted by Gasteiger charge is 2.26.